The molecule has 0 aromatic heterocycles. The summed E-state index contributed by atoms with van der Waals surface area (Å²) in [7, 11) is 0. The fourth-order valence-corrected chi connectivity index (χ4v) is 3.42. The summed E-state index contributed by atoms with van der Waals surface area (Å²) in [5, 5.41) is 0. The molecule has 2 aromatic rings. The van der Waals surface area contributed by atoms with E-state index in [1.807, 2.05) is 6.92 Å². The zero-order valence-electron chi connectivity index (χ0n) is 14.8. The van der Waals surface area contributed by atoms with E-state index in [1.165, 1.54) is 24.3 Å². The van der Waals surface area contributed by atoms with Crippen molar-refractivity contribution in [3.63, 3.8) is 0 Å². The van der Waals surface area contributed by atoms with Gasteiger partial charge in [0.2, 0.25) is 0 Å². The molecule has 2 N–H and O–H groups in total. The van der Waals surface area contributed by atoms with E-state index in [2.05, 4.69) is 0 Å². The molecule has 1 fully saturated rings. The van der Waals surface area contributed by atoms with Crippen LogP contribution < -0.4 is 5.73 Å². The molecule has 1 amide bonds. The molecule has 136 valence electrons. The molecular formula is C21H23FN2O2. The van der Waals surface area contributed by atoms with Gasteiger partial charge in [-0.2, -0.15) is 0 Å². The van der Waals surface area contributed by atoms with Crippen LogP contribution in [0, 0.1) is 11.7 Å². The summed E-state index contributed by atoms with van der Waals surface area (Å²) >= 11 is 0. The maximum absolute atomic E-state index is 13.1. The van der Waals surface area contributed by atoms with Crippen molar-refractivity contribution in [3.05, 3.63) is 71.0 Å². The van der Waals surface area contributed by atoms with Gasteiger partial charge in [-0.1, -0.05) is 18.2 Å². The van der Waals surface area contributed by atoms with Crippen molar-refractivity contribution in [1.29, 1.82) is 0 Å². The molecule has 1 aliphatic rings. The van der Waals surface area contributed by atoms with Crippen molar-refractivity contribution in [2.24, 2.45) is 11.7 Å². The van der Waals surface area contributed by atoms with Crippen LogP contribution in [0.3, 0.4) is 0 Å². The lowest BCUT2D eigenvalue weighted by Crippen LogP contribution is -2.45. The zero-order chi connectivity index (χ0) is 18.7. The average molecular weight is 354 g/mol. The van der Waals surface area contributed by atoms with Crippen molar-refractivity contribution in [2.75, 3.05) is 13.1 Å². The van der Waals surface area contributed by atoms with E-state index in [1.54, 1.807) is 29.2 Å². The maximum Gasteiger partial charge on any atom is 0.254 e. The second-order valence-corrected chi connectivity index (χ2v) is 6.89. The highest BCUT2D eigenvalue weighted by Gasteiger charge is 2.28. The number of ketones is 1. The highest BCUT2D eigenvalue weighted by molar-refractivity contribution is 6.15. The summed E-state index contributed by atoms with van der Waals surface area (Å²) in [6.07, 6.45) is 1.92. The molecule has 0 spiro atoms. The van der Waals surface area contributed by atoms with E-state index in [4.69, 9.17) is 5.73 Å². The smallest absolute Gasteiger partial charge is 0.254 e. The molecule has 0 bridgehead atoms. The van der Waals surface area contributed by atoms with Crippen LogP contribution in [-0.4, -0.2) is 35.7 Å². The minimum Gasteiger partial charge on any atom is -0.338 e. The van der Waals surface area contributed by atoms with Gasteiger partial charge >= 0.3 is 0 Å². The number of hydrogen-bond donors (Lipinski definition) is 1. The molecule has 0 saturated carbocycles. The molecule has 1 saturated heterocycles. The van der Waals surface area contributed by atoms with Crippen molar-refractivity contribution in [2.45, 2.75) is 25.8 Å². The third-order valence-electron chi connectivity index (χ3n) is 5.00. The summed E-state index contributed by atoms with van der Waals surface area (Å²) in [6, 6.07) is 12.2. The number of benzene rings is 2. The first-order valence-corrected chi connectivity index (χ1v) is 8.91. The Kier molecular flexibility index (Phi) is 5.47. The number of hydrogen-bond acceptors (Lipinski definition) is 3. The monoisotopic (exact) mass is 354 g/mol. The molecule has 0 aliphatic carbocycles. The first-order valence-electron chi connectivity index (χ1n) is 8.91. The molecule has 2 unspecified atom stereocenters. The van der Waals surface area contributed by atoms with Gasteiger partial charge in [0.25, 0.3) is 5.91 Å². The van der Waals surface area contributed by atoms with Gasteiger partial charge in [-0.15, -0.1) is 0 Å². The van der Waals surface area contributed by atoms with Gasteiger partial charge in [0.15, 0.2) is 5.78 Å². The van der Waals surface area contributed by atoms with E-state index < -0.39 is 5.82 Å². The predicted octanol–water partition coefficient (Wildman–Crippen LogP) is 3.26. The Labute approximate surface area is 152 Å². The van der Waals surface area contributed by atoms with Gasteiger partial charge in [0, 0.05) is 30.3 Å². The lowest BCUT2D eigenvalue weighted by molar-refractivity contribution is 0.0657. The third-order valence-corrected chi connectivity index (χ3v) is 5.00. The number of amides is 1. The van der Waals surface area contributed by atoms with Crippen LogP contribution in [0.4, 0.5) is 4.39 Å². The molecule has 26 heavy (non-hydrogen) atoms. The number of rotatable bonds is 4. The first kappa shape index (κ1) is 18.3. The van der Waals surface area contributed by atoms with Crippen LogP contribution in [0.2, 0.25) is 0 Å². The summed E-state index contributed by atoms with van der Waals surface area (Å²) in [5.41, 5.74) is 7.09. The van der Waals surface area contributed by atoms with E-state index in [-0.39, 0.29) is 23.7 Å². The average Bonchev–Trinajstić information content (AvgIpc) is 2.67. The summed E-state index contributed by atoms with van der Waals surface area (Å²) < 4.78 is 13.1. The number of nitrogens with two attached hydrogens (primary N) is 1. The Bertz CT molecular complexity index is 802. The standard InChI is InChI=1S/C21H23FN2O2/c1-14(23)16-5-4-12-24(13-16)21(26)19-7-3-2-6-18(19)20(25)15-8-10-17(22)11-9-15/h2-3,6-11,14,16H,4-5,12-13,23H2,1H3. The van der Waals surface area contributed by atoms with Crippen LogP contribution >= 0.6 is 0 Å². The molecule has 3 rings (SSSR count). The second-order valence-electron chi connectivity index (χ2n) is 6.89. The lowest BCUT2D eigenvalue weighted by Gasteiger charge is -2.35. The Morgan fingerprint density at radius 2 is 1.77 bits per heavy atom. The van der Waals surface area contributed by atoms with Crippen molar-refractivity contribution in [3.8, 4) is 0 Å². The minimum absolute atomic E-state index is 0.0293. The second kappa shape index (κ2) is 7.79. The molecular weight excluding hydrogens is 331 g/mol. The molecule has 2 atom stereocenters. The quantitative estimate of drug-likeness (QED) is 0.857. The normalized spacial score (nSPS) is 18.4. The van der Waals surface area contributed by atoms with Crippen LogP contribution in [0.15, 0.2) is 48.5 Å². The van der Waals surface area contributed by atoms with Gasteiger partial charge < -0.3 is 10.6 Å². The Hall–Kier alpha value is -2.53. The van der Waals surface area contributed by atoms with E-state index >= 15 is 0 Å². The SMILES string of the molecule is CC(N)C1CCCN(C(=O)c2ccccc2C(=O)c2ccc(F)cc2)C1. The Balaban J connectivity index is 1.88. The number of nitrogens with zero attached hydrogens (tertiary/aromatic N) is 1. The molecule has 4 nitrogen and oxygen atoms in total. The van der Waals surface area contributed by atoms with Gasteiger partial charge in [0.1, 0.15) is 5.82 Å². The zero-order valence-corrected chi connectivity index (χ0v) is 14.8. The molecule has 1 heterocycles. The largest absolute Gasteiger partial charge is 0.338 e. The molecule has 5 heteroatoms. The highest BCUT2D eigenvalue weighted by Crippen LogP contribution is 2.23. The van der Waals surface area contributed by atoms with Gasteiger partial charge in [0.05, 0.1) is 5.56 Å². The minimum atomic E-state index is -0.402. The number of piperidine rings is 1. The summed E-state index contributed by atoms with van der Waals surface area (Å²) in [6.45, 7) is 3.24. The summed E-state index contributed by atoms with van der Waals surface area (Å²) in [5.74, 6) is -0.565. The Morgan fingerprint density at radius 3 is 2.42 bits per heavy atom. The number of carbonyl (C=O) groups excluding carboxylic acids is 2. The van der Waals surface area contributed by atoms with Crippen LogP contribution in [0.25, 0.3) is 0 Å². The van der Waals surface area contributed by atoms with Crippen LogP contribution in [0.5, 0.6) is 0 Å². The van der Waals surface area contributed by atoms with E-state index in [9.17, 15) is 14.0 Å². The van der Waals surface area contributed by atoms with Crippen molar-refractivity contribution in [1.82, 2.24) is 4.90 Å². The first-order chi connectivity index (χ1) is 12.5. The fourth-order valence-electron chi connectivity index (χ4n) is 3.42. The molecule has 2 aromatic carbocycles. The van der Waals surface area contributed by atoms with E-state index in [0.717, 1.165) is 12.8 Å². The van der Waals surface area contributed by atoms with Gasteiger partial charge in [-0.25, -0.2) is 4.39 Å². The van der Waals surface area contributed by atoms with E-state index in [0.29, 0.717) is 29.8 Å². The third kappa shape index (κ3) is 3.83. The predicted molar refractivity (Wildman–Crippen MR) is 98.6 cm³/mol. The Morgan fingerprint density at radius 1 is 1.12 bits per heavy atom. The number of carbonyl (C=O) groups is 2. The maximum atomic E-state index is 13.1. The van der Waals surface area contributed by atoms with Crippen LogP contribution in [-0.2, 0) is 0 Å². The lowest BCUT2D eigenvalue weighted by atomic mass is 9.91. The topological polar surface area (TPSA) is 63.4 Å². The molecule has 1 aliphatic heterocycles. The summed E-state index contributed by atoms with van der Waals surface area (Å²) in [4.78, 5) is 27.7. The fraction of sp³-hybridized carbons (Fsp3) is 0.333. The highest BCUT2D eigenvalue weighted by atomic mass is 19.1. The number of likely N-dealkylation sites (tertiary alicyclic amines) is 1. The van der Waals surface area contributed by atoms with Gasteiger partial charge in [-0.3, -0.25) is 9.59 Å². The van der Waals surface area contributed by atoms with Gasteiger partial charge in [-0.05, 0) is 56.0 Å². The van der Waals surface area contributed by atoms with Crippen molar-refractivity contribution >= 4 is 11.7 Å². The van der Waals surface area contributed by atoms with Crippen molar-refractivity contribution < 1.29 is 14.0 Å². The molecule has 0 radical (unpaired) electrons. The number of halogens is 1. The van der Waals surface area contributed by atoms with Crippen LogP contribution in [0.1, 0.15) is 46.0 Å².